The lowest BCUT2D eigenvalue weighted by atomic mass is 10.0. The van der Waals surface area contributed by atoms with Crippen molar-refractivity contribution in [2.75, 3.05) is 0 Å². The van der Waals surface area contributed by atoms with Crippen molar-refractivity contribution in [3.05, 3.63) is 65.0 Å². The van der Waals surface area contributed by atoms with E-state index < -0.39 is 0 Å². The fourth-order valence-electron chi connectivity index (χ4n) is 1.93. The maximum atomic E-state index is 4.12. The van der Waals surface area contributed by atoms with Crippen LogP contribution >= 0.6 is 0 Å². The van der Waals surface area contributed by atoms with Gasteiger partial charge in [0.15, 0.2) is 0 Å². The SMILES string of the molecule is Cc1ccc(C(C)NCc2cccnc2)cc1C. The van der Waals surface area contributed by atoms with Gasteiger partial charge in [0.2, 0.25) is 0 Å². The molecule has 0 amide bonds. The van der Waals surface area contributed by atoms with Crippen LogP contribution in [0.4, 0.5) is 0 Å². The third kappa shape index (κ3) is 3.17. The molecule has 2 nitrogen and oxygen atoms in total. The molecule has 18 heavy (non-hydrogen) atoms. The van der Waals surface area contributed by atoms with E-state index in [2.05, 4.69) is 55.3 Å². The second-order valence-corrected chi connectivity index (χ2v) is 4.81. The van der Waals surface area contributed by atoms with Crippen molar-refractivity contribution < 1.29 is 0 Å². The Kier molecular flexibility index (Phi) is 4.11. The van der Waals surface area contributed by atoms with Crippen LogP contribution in [-0.2, 0) is 6.54 Å². The Labute approximate surface area is 109 Å². The molecule has 1 atom stereocenters. The lowest BCUT2D eigenvalue weighted by Gasteiger charge is -2.15. The summed E-state index contributed by atoms with van der Waals surface area (Å²) < 4.78 is 0. The molecule has 1 aromatic heterocycles. The second kappa shape index (κ2) is 5.78. The number of hydrogen-bond donors (Lipinski definition) is 1. The van der Waals surface area contributed by atoms with Crippen LogP contribution in [0.15, 0.2) is 42.7 Å². The molecule has 0 bridgehead atoms. The fourth-order valence-corrected chi connectivity index (χ4v) is 1.93. The van der Waals surface area contributed by atoms with Crippen molar-refractivity contribution in [1.82, 2.24) is 10.3 Å². The monoisotopic (exact) mass is 240 g/mol. The number of pyridine rings is 1. The molecule has 1 unspecified atom stereocenters. The first-order valence-electron chi connectivity index (χ1n) is 6.36. The van der Waals surface area contributed by atoms with Gasteiger partial charge in [-0.05, 0) is 49.1 Å². The van der Waals surface area contributed by atoms with Gasteiger partial charge in [0, 0.05) is 25.0 Å². The van der Waals surface area contributed by atoms with Gasteiger partial charge in [-0.1, -0.05) is 24.3 Å². The topological polar surface area (TPSA) is 24.9 Å². The van der Waals surface area contributed by atoms with E-state index in [0.29, 0.717) is 6.04 Å². The van der Waals surface area contributed by atoms with Gasteiger partial charge in [-0.25, -0.2) is 0 Å². The van der Waals surface area contributed by atoms with Crippen LogP contribution in [-0.4, -0.2) is 4.98 Å². The fraction of sp³-hybridized carbons (Fsp3) is 0.312. The minimum absolute atomic E-state index is 0.351. The molecule has 0 fully saturated rings. The summed E-state index contributed by atoms with van der Waals surface area (Å²) in [5, 5.41) is 3.52. The van der Waals surface area contributed by atoms with Crippen LogP contribution in [0.3, 0.4) is 0 Å². The van der Waals surface area contributed by atoms with E-state index in [0.717, 1.165) is 6.54 Å². The molecule has 94 valence electrons. The van der Waals surface area contributed by atoms with Crippen LogP contribution in [0.1, 0.15) is 35.2 Å². The van der Waals surface area contributed by atoms with Gasteiger partial charge in [0.1, 0.15) is 0 Å². The minimum Gasteiger partial charge on any atom is -0.306 e. The highest BCUT2D eigenvalue weighted by atomic mass is 14.9. The predicted molar refractivity (Wildman–Crippen MR) is 75.4 cm³/mol. The van der Waals surface area contributed by atoms with Gasteiger partial charge in [-0.2, -0.15) is 0 Å². The van der Waals surface area contributed by atoms with Gasteiger partial charge in [0.25, 0.3) is 0 Å². The third-order valence-corrected chi connectivity index (χ3v) is 3.37. The molecular weight excluding hydrogens is 220 g/mol. The van der Waals surface area contributed by atoms with Crippen LogP contribution in [0, 0.1) is 13.8 Å². The zero-order valence-corrected chi connectivity index (χ0v) is 11.3. The number of hydrogen-bond acceptors (Lipinski definition) is 2. The first kappa shape index (κ1) is 12.8. The second-order valence-electron chi connectivity index (χ2n) is 4.81. The van der Waals surface area contributed by atoms with Crippen LogP contribution in [0.2, 0.25) is 0 Å². The van der Waals surface area contributed by atoms with Gasteiger partial charge < -0.3 is 5.32 Å². The Morgan fingerprint density at radius 3 is 2.67 bits per heavy atom. The zero-order chi connectivity index (χ0) is 13.0. The molecule has 2 rings (SSSR count). The molecular formula is C16H20N2. The van der Waals surface area contributed by atoms with Crippen molar-refractivity contribution in [1.29, 1.82) is 0 Å². The molecule has 2 aromatic rings. The van der Waals surface area contributed by atoms with E-state index in [4.69, 9.17) is 0 Å². The molecule has 0 aliphatic carbocycles. The van der Waals surface area contributed by atoms with Crippen LogP contribution < -0.4 is 5.32 Å². The maximum Gasteiger partial charge on any atom is 0.0312 e. The van der Waals surface area contributed by atoms with E-state index >= 15 is 0 Å². The Morgan fingerprint density at radius 1 is 1.17 bits per heavy atom. The van der Waals surface area contributed by atoms with Gasteiger partial charge >= 0.3 is 0 Å². The lowest BCUT2D eigenvalue weighted by Crippen LogP contribution is -2.18. The molecule has 0 spiro atoms. The molecule has 2 heteroatoms. The number of aryl methyl sites for hydroxylation is 2. The molecule has 1 N–H and O–H groups in total. The molecule has 0 radical (unpaired) electrons. The first-order valence-corrected chi connectivity index (χ1v) is 6.36. The number of rotatable bonds is 4. The van der Waals surface area contributed by atoms with Gasteiger partial charge in [0.05, 0.1) is 0 Å². The zero-order valence-electron chi connectivity index (χ0n) is 11.3. The van der Waals surface area contributed by atoms with E-state index in [1.807, 2.05) is 12.3 Å². The highest BCUT2D eigenvalue weighted by Crippen LogP contribution is 2.17. The molecule has 1 heterocycles. The van der Waals surface area contributed by atoms with E-state index in [1.165, 1.54) is 22.3 Å². The third-order valence-electron chi connectivity index (χ3n) is 3.37. The van der Waals surface area contributed by atoms with Crippen molar-refractivity contribution >= 4 is 0 Å². The summed E-state index contributed by atoms with van der Waals surface area (Å²) >= 11 is 0. The molecule has 1 aromatic carbocycles. The highest BCUT2D eigenvalue weighted by Gasteiger charge is 2.05. The maximum absolute atomic E-state index is 4.12. The molecule has 0 saturated carbocycles. The molecule has 0 aliphatic heterocycles. The summed E-state index contributed by atoms with van der Waals surface area (Å²) in [6.07, 6.45) is 3.70. The minimum atomic E-state index is 0.351. The molecule has 0 saturated heterocycles. The average molecular weight is 240 g/mol. The Bertz CT molecular complexity index is 506. The van der Waals surface area contributed by atoms with Crippen LogP contribution in [0.25, 0.3) is 0 Å². The number of nitrogens with zero attached hydrogens (tertiary/aromatic N) is 1. The summed E-state index contributed by atoms with van der Waals surface area (Å²) in [6, 6.07) is 11.1. The summed E-state index contributed by atoms with van der Waals surface area (Å²) in [5.41, 5.74) is 5.25. The lowest BCUT2D eigenvalue weighted by molar-refractivity contribution is 0.573. The Balaban J connectivity index is 1.99. The quantitative estimate of drug-likeness (QED) is 0.884. The Hall–Kier alpha value is -1.67. The van der Waals surface area contributed by atoms with E-state index in [-0.39, 0.29) is 0 Å². The van der Waals surface area contributed by atoms with E-state index in [1.54, 1.807) is 6.20 Å². The van der Waals surface area contributed by atoms with Crippen LogP contribution in [0.5, 0.6) is 0 Å². The number of benzene rings is 1. The van der Waals surface area contributed by atoms with Crippen molar-refractivity contribution in [3.8, 4) is 0 Å². The normalized spacial score (nSPS) is 12.4. The summed E-state index contributed by atoms with van der Waals surface area (Å²) in [5.74, 6) is 0. The van der Waals surface area contributed by atoms with Gasteiger partial charge in [-0.15, -0.1) is 0 Å². The van der Waals surface area contributed by atoms with Crippen molar-refractivity contribution in [3.63, 3.8) is 0 Å². The average Bonchev–Trinajstić information content (AvgIpc) is 2.40. The first-order chi connectivity index (χ1) is 8.66. The predicted octanol–water partition coefficient (Wildman–Crippen LogP) is 3.55. The van der Waals surface area contributed by atoms with Gasteiger partial charge in [-0.3, -0.25) is 4.98 Å². The standard InChI is InChI=1S/C16H20N2/c1-12-6-7-16(9-13(12)2)14(3)18-11-15-5-4-8-17-10-15/h4-10,14,18H,11H2,1-3H3. The molecule has 0 aliphatic rings. The van der Waals surface area contributed by atoms with Crippen molar-refractivity contribution in [2.24, 2.45) is 0 Å². The van der Waals surface area contributed by atoms with E-state index in [9.17, 15) is 0 Å². The van der Waals surface area contributed by atoms with Crippen molar-refractivity contribution in [2.45, 2.75) is 33.4 Å². The highest BCUT2D eigenvalue weighted by molar-refractivity contribution is 5.31. The summed E-state index contributed by atoms with van der Waals surface area (Å²) in [7, 11) is 0. The smallest absolute Gasteiger partial charge is 0.0312 e. The Morgan fingerprint density at radius 2 is 2.00 bits per heavy atom. The largest absolute Gasteiger partial charge is 0.306 e. The summed E-state index contributed by atoms with van der Waals surface area (Å²) in [4.78, 5) is 4.12. The number of aromatic nitrogens is 1. The number of nitrogens with one attached hydrogen (secondary N) is 1. The summed E-state index contributed by atoms with van der Waals surface area (Å²) in [6.45, 7) is 7.35.